The van der Waals surface area contributed by atoms with E-state index in [0.717, 1.165) is 16.7 Å². The van der Waals surface area contributed by atoms with Crippen LogP contribution < -0.4 is 24.7 Å². The summed E-state index contributed by atoms with van der Waals surface area (Å²) >= 11 is 0. The predicted octanol–water partition coefficient (Wildman–Crippen LogP) is 6.27. The summed E-state index contributed by atoms with van der Waals surface area (Å²) in [6.07, 6.45) is 1.64. The summed E-state index contributed by atoms with van der Waals surface area (Å²) in [6.45, 7) is 4.40. The summed E-state index contributed by atoms with van der Waals surface area (Å²) in [5, 5.41) is 9.92. The lowest BCUT2D eigenvalue weighted by atomic mass is 9.83. The molecule has 2 N–H and O–H groups in total. The van der Waals surface area contributed by atoms with Gasteiger partial charge in [-0.25, -0.2) is 4.79 Å². The second kappa shape index (κ2) is 11.9. The molecule has 7 heteroatoms. The highest BCUT2D eigenvalue weighted by Gasteiger charge is 2.31. The molecule has 0 aromatic heterocycles. The monoisotopic (exact) mass is 530 g/mol. The van der Waals surface area contributed by atoms with E-state index in [0.29, 0.717) is 36.0 Å². The molecule has 0 bridgehead atoms. The lowest BCUT2D eigenvalue weighted by Gasteiger charge is -2.27. The quantitative estimate of drug-likeness (QED) is 0.155. The molecule has 40 heavy (non-hydrogen) atoms. The van der Waals surface area contributed by atoms with Crippen LogP contribution in [0.4, 0.5) is 0 Å². The molecule has 0 fully saturated rings. The number of fused-ring (bicyclic) bond motifs is 1. The molecule has 0 radical (unpaired) electrons. The molecule has 1 aliphatic rings. The highest BCUT2D eigenvalue weighted by Crippen LogP contribution is 2.44. The molecule has 0 spiro atoms. The van der Waals surface area contributed by atoms with Crippen LogP contribution in [0.2, 0.25) is 0 Å². The van der Waals surface area contributed by atoms with Crippen molar-refractivity contribution in [3.63, 3.8) is 0 Å². The molecular formula is C33H26N2O5. The molecule has 1 atom stereocenters. The highest BCUT2D eigenvalue weighted by atomic mass is 16.5. The van der Waals surface area contributed by atoms with Crippen LogP contribution in [0.1, 0.15) is 33.0 Å². The van der Waals surface area contributed by atoms with E-state index in [2.05, 4.69) is 12.6 Å². The van der Waals surface area contributed by atoms with Crippen LogP contribution in [-0.2, 0) is 6.61 Å². The van der Waals surface area contributed by atoms with Gasteiger partial charge in [-0.15, -0.1) is 0 Å². The zero-order chi connectivity index (χ0) is 27.9. The third-order valence-corrected chi connectivity index (χ3v) is 6.30. The average Bonchev–Trinajstić information content (AvgIpc) is 2.99. The van der Waals surface area contributed by atoms with Crippen molar-refractivity contribution in [2.45, 2.75) is 12.5 Å². The lowest BCUT2D eigenvalue weighted by molar-refractivity contribution is 0.0734. The number of rotatable bonds is 9. The summed E-state index contributed by atoms with van der Waals surface area (Å²) in [6, 6.07) is 31.3. The molecule has 0 saturated heterocycles. The maximum Gasteiger partial charge on any atom is 0.343 e. The largest absolute Gasteiger partial charge is 0.490 e. The first-order valence-electron chi connectivity index (χ1n) is 12.6. The summed E-state index contributed by atoms with van der Waals surface area (Å²) in [7, 11) is 0. The van der Waals surface area contributed by atoms with Gasteiger partial charge in [0.15, 0.2) is 0 Å². The van der Waals surface area contributed by atoms with Gasteiger partial charge < -0.3 is 24.7 Å². The van der Waals surface area contributed by atoms with Crippen molar-refractivity contribution < 1.29 is 23.7 Å². The van der Waals surface area contributed by atoms with Gasteiger partial charge in [0, 0.05) is 11.6 Å². The second-order valence-corrected chi connectivity index (χ2v) is 8.98. The van der Waals surface area contributed by atoms with Crippen LogP contribution in [0.3, 0.4) is 0 Å². The van der Waals surface area contributed by atoms with Crippen molar-refractivity contribution in [3.8, 4) is 29.1 Å². The number of nitrogens with two attached hydrogens (primary N) is 1. The fourth-order valence-electron chi connectivity index (χ4n) is 4.38. The Morgan fingerprint density at radius 1 is 0.925 bits per heavy atom. The number of benzene rings is 4. The molecule has 4 aromatic rings. The number of ether oxygens (including phenoxy) is 4. The number of nitriles is 1. The van der Waals surface area contributed by atoms with Crippen LogP contribution in [0.5, 0.6) is 23.0 Å². The molecule has 0 amide bonds. The van der Waals surface area contributed by atoms with E-state index in [1.807, 2.05) is 54.6 Å². The molecule has 5 rings (SSSR count). The van der Waals surface area contributed by atoms with Gasteiger partial charge in [-0.05, 0) is 53.6 Å². The number of nitrogens with zero attached hydrogens (tertiary/aromatic N) is 1. The predicted molar refractivity (Wildman–Crippen MR) is 150 cm³/mol. The lowest BCUT2D eigenvalue weighted by Crippen LogP contribution is -2.21. The summed E-state index contributed by atoms with van der Waals surface area (Å²) in [5.74, 6) is 0.938. The van der Waals surface area contributed by atoms with Gasteiger partial charge in [-0.2, -0.15) is 5.26 Å². The van der Waals surface area contributed by atoms with Crippen molar-refractivity contribution >= 4 is 5.97 Å². The summed E-state index contributed by atoms with van der Waals surface area (Å²) in [5.41, 5.74) is 9.41. The average molecular weight is 531 g/mol. The van der Waals surface area contributed by atoms with Crippen LogP contribution in [0.15, 0.2) is 121 Å². The van der Waals surface area contributed by atoms with Crippen LogP contribution in [-0.4, -0.2) is 12.6 Å². The molecule has 4 aromatic carbocycles. The van der Waals surface area contributed by atoms with Gasteiger partial charge in [0.25, 0.3) is 0 Å². The van der Waals surface area contributed by atoms with Crippen molar-refractivity contribution in [2.75, 3.05) is 6.61 Å². The van der Waals surface area contributed by atoms with Crippen LogP contribution in [0, 0.1) is 11.3 Å². The van der Waals surface area contributed by atoms with E-state index in [9.17, 15) is 10.1 Å². The molecular weight excluding hydrogens is 504 g/mol. The fraction of sp³-hybridized carbons (Fsp3) is 0.0909. The fourth-order valence-corrected chi connectivity index (χ4v) is 4.38. The zero-order valence-corrected chi connectivity index (χ0v) is 21.6. The van der Waals surface area contributed by atoms with E-state index in [-0.39, 0.29) is 17.2 Å². The normalized spacial score (nSPS) is 13.8. The van der Waals surface area contributed by atoms with Crippen LogP contribution in [0.25, 0.3) is 0 Å². The molecule has 0 saturated carbocycles. The van der Waals surface area contributed by atoms with Crippen molar-refractivity contribution in [2.24, 2.45) is 5.73 Å². The van der Waals surface area contributed by atoms with E-state index in [1.54, 1.807) is 48.5 Å². The maximum atomic E-state index is 12.7. The highest BCUT2D eigenvalue weighted by molar-refractivity contribution is 5.91. The van der Waals surface area contributed by atoms with Gasteiger partial charge in [0.2, 0.25) is 5.88 Å². The van der Waals surface area contributed by atoms with E-state index >= 15 is 0 Å². The number of hydrogen-bond donors (Lipinski definition) is 1. The number of hydrogen-bond acceptors (Lipinski definition) is 7. The Labute approximate surface area is 232 Å². The van der Waals surface area contributed by atoms with Gasteiger partial charge in [0.05, 0.1) is 11.5 Å². The Morgan fingerprint density at radius 3 is 2.45 bits per heavy atom. The van der Waals surface area contributed by atoms with E-state index in [4.69, 9.17) is 24.7 Å². The Hall–Kier alpha value is -5.48. The summed E-state index contributed by atoms with van der Waals surface area (Å²) in [4.78, 5) is 12.7. The van der Waals surface area contributed by atoms with Crippen molar-refractivity contribution in [1.82, 2.24) is 0 Å². The second-order valence-electron chi connectivity index (χ2n) is 8.98. The van der Waals surface area contributed by atoms with Gasteiger partial charge in [-0.1, -0.05) is 61.2 Å². The van der Waals surface area contributed by atoms with Crippen molar-refractivity contribution in [1.29, 1.82) is 5.26 Å². The molecule has 198 valence electrons. The first-order chi connectivity index (χ1) is 19.6. The third kappa shape index (κ3) is 5.82. The molecule has 0 aliphatic carbocycles. The molecule has 1 unspecified atom stereocenters. The Bertz CT molecular complexity index is 1600. The van der Waals surface area contributed by atoms with E-state index < -0.39 is 11.9 Å². The van der Waals surface area contributed by atoms with Gasteiger partial charge in [-0.3, -0.25) is 0 Å². The standard InChI is InChI=1S/C33H26N2O5/c1-2-17-37-25-13-11-23(12-14-25)33(36)39-27-15-16-28-30(19-27)40-32(35)29(20-34)31(28)24-9-6-10-26(18-24)38-21-22-7-4-3-5-8-22/h2-16,18-19,31H,1,17,21,35H2. The molecule has 1 aliphatic heterocycles. The number of esters is 1. The minimum Gasteiger partial charge on any atom is -0.490 e. The molecule has 7 nitrogen and oxygen atoms in total. The Kier molecular flexibility index (Phi) is 7.79. The minimum absolute atomic E-state index is 0.00537. The van der Waals surface area contributed by atoms with Gasteiger partial charge in [0.1, 0.15) is 47.9 Å². The maximum absolute atomic E-state index is 12.7. The number of carbonyl (C=O) groups is 1. The first-order valence-corrected chi connectivity index (χ1v) is 12.6. The number of allylic oxidation sites excluding steroid dienone is 1. The zero-order valence-electron chi connectivity index (χ0n) is 21.6. The third-order valence-electron chi connectivity index (χ3n) is 6.30. The topological polar surface area (TPSA) is 104 Å². The van der Waals surface area contributed by atoms with Crippen molar-refractivity contribution in [3.05, 3.63) is 143 Å². The van der Waals surface area contributed by atoms with Crippen LogP contribution >= 0.6 is 0 Å². The smallest absolute Gasteiger partial charge is 0.343 e. The summed E-state index contributed by atoms with van der Waals surface area (Å²) < 4.78 is 22.8. The molecule has 1 heterocycles. The Balaban J connectivity index is 1.37. The number of carbonyl (C=O) groups excluding carboxylic acids is 1. The van der Waals surface area contributed by atoms with Gasteiger partial charge >= 0.3 is 5.97 Å². The minimum atomic E-state index is -0.535. The SMILES string of the molecule is C=CCOc1ccc(C(=O)Oc2ccc3c(c2)OC(N)=C(C#N)C3c2cccc(OCc3ccccc3)c2)cc1. The Morgan fingerprint density at radius 2 is 1.70 bits per heavy atom. The van der Waals surface area contributed by atoms with E-state index in [1.165, 1.54) is 0 Å². The first kappa shape index (κ1) is 26.1.